The third kappa shape index (κ3) is 5.75. The number of aliphatic hydroxyl groups is 1. The van der Waals surface area contributed by atoms with Gasteiger partial charge in [-0.05, 0) is 30.7 Å². The van der Waals surface area contributed by atoms with Crippen LogP contribution in [0.5, 0.6) is 0 Å². The molecule has 0 saturated heterocycles. The van der Waals surface area contributed by atoms with Crippen LogP contribution in [-0.2, 0) is 6.42 Å². The Kier molecular flexibility index (Phi) is 6.64. The van der Waals surface area contributed by atoms with E-state index in [9.17, 15) is 5.11 Å². The molecule has 1 aliphatic rings. The number of hydrogen-bond donors (Lipinski definition) is 3. The highest BCUT2D eigenvalue weighted by Crippen LogP contribution is 2.23. The van der Waals surface area contributed by atoms with E-state index in [0.29, 0.717) is 18.9 Å². The molecule has 1 aliphatic carbocycles. The molecule has 0 radical (unpaired) electrons. The Labute approximate surface area is 128 Å². The van der Waals surface area contributed by atoms with Gasteiger partial charge in [-0.25, -0.2) is 5.01 Å². The molecule has 4 heteroatoms. The maximum absolute atomic E-state index is 10.2. The summed E-state index contributed by atoms with van der Waals surface area (Å²) in [6, 6.07) is 9.77. The molecule has 0 aliphatic heterocycles. The molecule has 1 aromatic rings. The van der Waals surface area contributed by atoms with Crippen molar-refractivity contribution in [1.82, 2.24) is 5.01 Å². The molecule has 1 saturated carbocycles. The van der Waals surface area contributed by atoms with Gasteiger partial charge in [-0.1, -0.05) is 49.6 Å². The van der Waals surface area contributed by atoms with Gasteiger partial charge in [-0.15, -0.1) is 0 Å². The number of aliphatic hydroxyl groups excluding tert-OH is 1. The van der Waals surface area contributed by atoms with Gasteiger partial charge in [0.2, 0.25) is 0 Å². The normalized spacial score (nSPS) is 19.6. The summed E-state index contributed by atoms with van der Waals surface area (Å²) in [6.45, 7) is 1.32. The smallest absolute Gasteiger partial charge is 0.0834 e. The number of hydrazine groups is 1. The molecule has 0 aromatic heterocycles. The summed E-state index contributed by atoms with van der Waals surface area (Å²) in [5.74, 6) is 6.74. The quantitative estimate of drug-likeness (QED) is 0.528. The van der Waals surface area contributed by atoms with Gasteiger partial charge < -0.3 is 10.8 Å². The molecule has 0 amide bonds. The molecule has 21 heavy (non-hydrogen) atoms. The molecular formula is C17H29N3O. The van der Waals surface area contributed by atoms with Crippen LogP contribution in [-0.4, -0.2) is 35.4 Å². The average Bonchev–Trinajstić information content (AvgIpc) is 2.49. The van der Waals surface area contributed by atoms with Crippen LogP contribution < -0.4 is 11.6 Å². The second kappa shape index (κ2) is 8.49. The molecule has 5 N–H and O–H groups in total. The molecule has 2 rings (SSSR count). The van der Waals surface area contributed by atoms with Gasteiger partial charge in [0.15, 0.2) is 0 Å². The predicted octanol–water partition coefficient (Wildman–Crippen LogP) is 1.67. The van der Waals surface area contributed by atoms with Gasteiger partial charge >= 0.3 is 0 Å². The lowest BCUT2D eigenvalue weighted by Gasteiger charge is -2.29. The van der Waals surface area contributed by atoms with Crippen molar-refractivity contribution in [3.63, 3.8) is 0 Å². The van der Waals surface area contributed by atoms with E-state index in [2.05, 4.69) is 0 Å². The minimum Gasteiger partial charge on any atom is -0.390 e. The van der Waals surface area contributed by atoms with Gasteiger partial charge in [0.25, 0.3) is 0 Å². The van der Waals surface area contributed by atoms with Crippen molar-refractivity contribution in [1.29, 1.82) is 0 Å². The minimum absolute atomic E-state index is 0.273. The van der Waals surface area contributed by atoms with E-state index in [1.165, 1.54) is 32.1 Å². The minimum atomic E-state index is -0.584. The Morgan fingerprint density at radius 1 is 1.14 bits per heavy atom. The number of benzene rings is 1. The Hall–Kier alpha value is -0.940. The highest BCUT2D eigenvalue weighted by molar-refractivity contribution is 5.16. The fourth-order valence-corrected chi connectivity index (χ4v) is 3.17. The molecule has 2 atom stereocenters. The van der Waals surface area contributed by atoms with Crippen LogP contribution >= 0.6 is 0 Å². The molecule has 4 nitrogen and oxygen atoms in total. The molecule has 0 bridgehead atoms. The van der Waals surface area contributed by atoms with Crippen LogP contribution in [0.4, 0.5) is 0 Å². The van der Waals surface area contributed by atoms with Crippen LogP contribution in [0.15, 0.2) is 30.3 Å². The summed E-state index contributed by atoms with van der Waals surface area (Å²) in [4.78, 5) is 0. The summed E-state index contributed by atoms with van der Waals surface area (Å²) >= 11 is 0. The first kappa shape index (κ1) is 16.4. The molecule has 0 heterocycles. The van der Waals surface area contributed by atoms with E-state index in [0.717, 1.165) is 12.1 Å². The van der Waals surface area contributed by atoms with Crippen molar-refractivity contribution in [3.8, 4) is 0 Å². The molecule has 0 unspecified atom stereocenters. The third-order valence-corrected chi connectivity index (χ3v) is 4.45. The van der Waals surface area contributed by atoms with Crippen LogP contribution in [0, 0.1) is 5.92 Å². The lowest BCUT2D eigenvalue weighted by molar-refractivity contribution is 0.0792. The van der Waals surface area contributed by atoms with E-state index < -0.39 is 6.10 Å². The first-order chi connectivity index (χ1) is 10.1. The highest BCUT2D eigenvalue weighted by atomic mass is 16.3. The molecule has 1 aromatic carbocycles. The van der Waals surface area contributed by atoms with Gasteiger partial charge in [0.1, 0.15) is 0 Å². The van der Waals surface area contributed by atoms with Crippen molar-refractivity contribution in [2.75, 3.05) is 13.1 Å². The van der Waals surface area contributed by atoms with E-state index in [1.54, 1.807) is 5.01 Å². The summed E-state index contributed by atoms with van der Waals surface area (Å²) in [7, 11) is 0. The fraction of sp³-hybridized carbons (Fsp3) is 0.647. The van der Waals surface area contributed by atoms with Gasteiger partial charge in [0, 0.05) is 19.1 Å². The molecular weight excluding hydrogens is 262 g/mol. The number of hydrogen-bond acceptors (Lipinski definition) is 4. The van der Waals surface area contributed by atoms with E-state index in [-0.39, 0.29) is 6.04 Å². The Bertz CT molecular complexity index is 392. The number of nitrogens with zero attached hydrogens (tertiary/aromatic N) is 1. The van der Waals surface area contributed by atoms with Crippen LogP contribution in [0.1, 0.15) is 37.7 Å². The monoisotopic (exact) mass is 291 g/mol. The summed E-state index contributed by atoms with van der Waals surface area (Å²) in [5.41, 5.74) is 7.25. The first-order valence-corrected chi connectivity index (χ1v) is 8.12. The Balaban J connectivity index is 1.73. The second-order valence-corrected chi connectivity index (χ2v) is 6.38. The fourth-order valence-electron chi connectivity index (χ4n) is 3.17. The zero-order valence-electron chi connectivity index (χ0n) is 12.8. The van der Waals surface area contributed by atoms with Gasteiger partial charge in [-0.2, -0.15) is 0 Å². The van der Waals surface area contributed by atoms with Crippen molar-refractivity contribution in [3.05, 3.63) is 35.9 Å². The Morgan fingerprint density at radius 2 is 1.81 bits per heavy atom. The second-order valence-electron chi connectivity index (χ2n) is 6.38. The zero-order chi connectivity index (χ0) is 15.1. The molecule has 118 valence electrons. The van der Waals surface area contributed by atoms with E-state index >= 15 is 0 Å². The summed E-state index contributed by atoms with van der Waals surface area (Å²) in [6.07, 6.45) is 6.60. The number of rotatable bonds is 7. The predicted molar refractivity (Wildman–Crippen MR) is 86.5 cm³/mol. The SMILES string of the molecule is N[C@@H](Cc1ccccc1)[C@@H](O)CN(N)CC1CCCCC1. The highest BCUT2D eigenvalue weighted by Gasteiger charge is 2.20. The van der Waals surface area contributed by atoms with Gasteiger partial charge in [0.05, 0.1) is 6.10 Å². The van der Waals surface area contributed by atoms with Crippen LogP contribution in [0.3, 0.4) is 0 Å². The largest absolute Gasteiger partial charge is 0.390 e. The molecule has 1 fully saturated rings. The lowest BCUT2D eigenvalue weighted by atomic mass is 9.89. The summed E-state index contributed by atoms with van der Waals surface area (Å²) < 4.78 is 0. The topological polar surface area (TPSA) is 75.5 Å². The lowest BCUT2D eigenvalue weighted by Crippen LogP contribution is -2.48. The third-order valence-electron chi connectivity index (χ3n) is 4.45. The van der Waals surface area contributed by atoms with E-state index in [4.69, 9.17) is 11.6 Å². The maximum atomic E-state index is 10.2. The maximum Gasteiger partial charge on any atom is 0.0834 e. The van der Waals surface area contributed by atoms with Crippen molar-refractivity contribution >= 4 is 0 Å². The number of nitrogens with two attached hydrogens (primary N) is 2. The van der Waals surface area contributed by atoms with Crippen LogP contribution in [0.2, 0.25) is 0 Å². The summed E-state index contributed by atoms with van der Waals surface area (Å²) in [5, 5.41) is 12.0. The zero-order valence-corrected chi connectivity index (χ0v) is 12.8. The van der Waals surface area contributed by atoms with Gasteiger partial charge in [-0.3, -0.25) is 5.84 Å². The van der Waals surface area contributed by atoms with Crippen LogP contribution in [0.25, 0.3) is 0 Å². The van der Waals surface area contributed by atoms with Crippen molar-refractivity contribution in [2.24, 2.45) is 17.5 Å². The first-order valence-electron chi connectivity index (χ1n) is 8.12. The van der Waals surface area contributed by atoms with Crippen molar-refractivity contribution < 1.29 is 5.11 Å². The standard InChI is InChI=1S/C17H29N3O/c18-16(11-14-7-3-1-4-8-14)17(21)13-20(19)12-15-9-5-2-6-10-15/h1,3-4,7-8,15-17,21H,2,5-6,9-13,18-19H2/t16-,17-/m0/s1. The average molecular weight is 291 g/mol. The molecule has 0 spiro atoms. The van der Waals surface area contributed by atoms with Crippen molar-refractivity contribution in [2.45, 2.75) is 50.7 Å². The Morgan fingerprint density at radius 3 is 2.48 bits per heavy atom. The van der Waals surface area contributed by atoms with E-state index in [1.807, 2.05) is 30.3 Å².